The van der Waals surface area contributed by atoms with Gasteiger partial charge in [-0.3, -0.25) is 9.59 Å². The highest BCUT2D eigenvalue weighted by molar-refractivity contribution is 6.19. The van der Waals surface area contributed by atoms with E-state index in [4.69, 9.17) is 0 Å². The van der Waals surface area contributed by atoms with Crippen LogP contribution in [0.4, 0.5) is 0 Å². The normalized spacial score (nSPS) is 40.9. The zero-order valence-corrected chi connectivity index (χ0v) is 9.85. The number of nitrogens with zero attached hydrogens (tertiary/aromatic N) is 4. The van der Waals surface area contributed by atoms with Crippen molar-refractivity contribution in [3.05, 3.63) is 24.8 Å². The summed E-state index contributed by atoms with van der Waals surface area (Å²) in [5, 5.41) is 8.51. The van der Waals surface area contributed by atoms with Crippen LogP contribution in [-0.2, 0) is 9.59 Å². The fourth-order valence-electron chi connectivity index (χ4n) is 3.80. The van der Waals surface area contributed by atoms with Gasteiger partial charge in [0.1, 0.15) is 12.7 Å². The van der Waals surface area contributed by atoms with E-state index in [1.165, 1.54) is 22.3 Å². The van der Waals surface area contributed by atoms with Crippen molar-refractivity contribution in [1.82, 2.24) is 14.9 Å². The summed E-state index contributed by atoms with van der Waals surface area (Å²) in [6, 6.07) is 0. The van der Waals surface area contributed by atoms with Gasteiger partial charge < -0.3 is 0 Å². The average Bonchev–Trinajstić information content (AvgIpc) is 3.04. The first-order valence-corrected chi connectivity index (χ1v) is 6.05. The van der Waals surface area contributed by atoms with Gasteiger partial charge in [0.25, 0.3) is 11.8 Å². The molecule has 2 heterocycles. The van der Waals surface area contributed by atoms with E-state index >= 15 is 0 Å². The summed E-state index contributed by atoms with van der Waals surface area (Å²) in [7, 11) is 0. The molecule has 1 saturated heterocycles. The van der Waals surface area contributed by atoms with Crippen LogP contribution < -0.4 is 5.01 Å². The molecule has 6 nitrogen and oxygen atoms in total. The number of carbonyl (C=O) groups is 2. The third-order valence-corrected chi connectivity index (χ3v) is 4.73. The number of amides is 2. The van der Waals surface area contributed by atoms with Crippen molar-refractivity contribution in [3.63, 3.8) is 0 Å². The molecular weight excluding hydrogens is 232 g/mol. The molecule has 0 N–H and O–H groups in total. The molecule has 1 saturated carbocycles. The molecule has 1 aliphatic heterocycles. The van der Waals surface area contributed by atoms with Crippen molar-refractivity contribution in [2.45, 2.75) is 13.3 Å². The van der Waals surface area contributed by atoms with Gasteiger partial charge in [-0.15, -0.1) is 10.2 Å². The van der Waals surface area contributed by atoms with Crippen molar-refractivity contribution >= 4 is 11.8 Å². The highest BCUT2D eigenvalue weighted by Crippen LogP contribution is 2.59. The van der Waals surface area contributed by atoms with Gasteiger partial charge in [0, 0.05) is 0 Å². The maximum Gasteiger partial charge on any atom is 0.256 e. The summed E-state index contributed by atoms with van der Waals surface area (Å²) in [6.07, 6.45) is 7.86. The minimum Gasteiger partial charge on any atom is -0.272 e. The molecule has 6 heteroatoms. The van der Waals surface area contributed by atoms with Crippen LogP contribution in [0.25, 0.3) is 0 Å². The Morgan fingerprint density at radius 2 is 2.00 bits per heavy atom. The SMILES string of the molecule is C[C@]12C(=O)N(n3cnnc3)C(=O)[C@H]1[C@@H]1C=C[C@H]2C1. The number of aromatic nitrogens is 3. The van der Waals surface area contributed by atoms with Crippen molar-refractivity contribution in [2.75, 3.05) is 5.01 Å². The van der Waals surface area contributed by atoms with E-state index < -0.39 is 5.41 Å². The van der Waals surface area contributed by atoms with Crippen molar-refractivity contribution < 1.29 is 9.59 Å². The van der Waals surface area contributed by atoms with Crippen LogP contribution in [0.3, 0.4) is 0 Å². The molecule has 1 aromatic rings. The molecular formula is C12H12N4O2. The van der Waals surface area contributed by atoms with Gasteiger partial charge in [0.05, 0.1) is 11.3 Å². The van der Waals surface area contributed by atoms with E-state index in [0.29, 0.717) is 0 Å². The number of allylic oxidation sites excluding steroid dienone is 2. The highest BCUT2D eigenvalue weighted by atomic mass is 16.2. The van der Waals surface area contributed by atoms with Gasteiger partial charge in [0.15, 0.2) is 0 Å². The van der Waals surface area contributed by atoms with Gasteiger partial charge >= 0.3 is 0 Å². The largest absolute Gasteiger partial charge is 0.272 e. The number of imide groups is 1. The molecule has 4 rings (SSSR count). The molecule has 3 aliphatic rings. The van der Waals surface area contributed by atoms with Crippen LogP contribution in [0.5, 0.6) is 0 Å². The molecule has 2 aliphatic carbocycles. The molecule has 0 unspecified atom stereocenters. The van der Waals surface area contributed by atoms with E-state index in [2.05, 4.69) is 22.3 Å². The molecule has 92 valence electrons. The van der Waals surface area contributed by atoms with E-state index in [1.54, 1.807) is 0 Å². The third kappa shape index (κ3) is 0.878. The van der Waals surface area contributed by atoms with Crippen LogP contribution in [0, 0.1) is 23.2 Å². The summed E-state index contributed by atoms with van der Waals surface area (Å²) in [6.45, 7) is 1.91. The van der Waals surface area contributed by atoms with E-state index in [-0.39, 0.29) is 29.6 Å². The second-order valence-electron chi connectivity index (χ2n) is 5.45. The Hall–Kier alpha value is -1.98. The second-order valence-corrected chi connectivity index (χ2v) is 5.45. The van der Waals surface area contributed by atoms with Crippen molar-refractivity contribution in [1.29, 1.82) is 0 Å². The summed E-state index contributed by atoms with van der Waals surface area (Å²) < 4.78 is 1.38. The minimum atomic E-state index is -0.583. The van der Waals surface area contributed by atoms with Crippen molar-refractivity contribution in [3.8, 4) is 0 Å². The quantitative estimate of drug-likeness (QED) is 0.519. The molecule has 2 amide bonds. The summed E-state index contributed by atoms with van der Waals surface area (Å²) in [5.74, 6) is -0.0842. The fraction of sp³-hybridized carbons (Fsp3) is 0.500. The number of fused-ring (bicyclic) bond motifs is 5. The Morgan fingerprint density at radius 3 is 2.67 bits per heavy atom. The van der Waals surface area contributed by atoms with Crippen LogP contribution >= 0.6 is 0 Å². The molecule has 0 radical (unpaired) electrons. The fourth-order valence-corrected chi connectivity index (χ4v) is 3.80. The summed E-state index contributed by atoms with van der Waals surface area (Å²) >= 11 is 0. The standard InChI is InChI=1S/C12H12N4O2/c1-12-8-3-2-7(4-8)9(12)10(17)16(11(12)18)15-5-13-14-6-15/h2-3,5-9H,4H2,1H3/t7-,8+,9-,12-/m1/s1. The lowest BCUT2D eigenvalue weighted by molar-refractivity contribution is -0.128. The Bertz CT molecular complexity index is 579. The van der Waals surface area contributed by atoms with Crippen LogP contribution in [0.15, 0.2) is 24.8 Å². The van der Waals surface area contributed by atoms with Crippen LogP contribution in [0.2, 0.25) is 0 Å². The predicted molar refractivity (Wildman–Crippen MR) is 60.6 cm³/mol. The Labute approximate surface area is 103 Å². The van der Waals surface area contributed by atoms with Crippen LogP contribution in [-0.4, -0.2) is 26.7 Å². The summed E-state index contributed by atoms with van der Waals surface area (Å²) in [5.41, 5.74) is -0.583. The average molecular weight is 244 g/mol. The predicted octanol–water partition coefficient (Wildman–Crippen LogP) is 0.111. The number of carbonyl (C=O) groups excluding carboxylic acids is 2. The van der Waals surface area contributed by atoms with Gasteiger partial charge in [0.2, 0.25) is 0 Å². The molecule has 0 spiro atoms. The molecule has 18 heavy (non-hydrogen) atoms. The zero-order valence-electron chi connectivity index (χ0n) is 9.85. The molecule has 4 atom stereocenters. The molecule has 1 aromatic heterocycles. The zero-order chi connectivity index (χ0) is 12.5. The van der Waals surface area contributed by atoms with Crippen molar-refractivity contribution in [2.24, 2.45) is 23.2 Å². The van der Waals surface area contributed by atoms with E-state index in [0.717, 1.165) is 6.42 Å². The topological polar surface area (TPSA) is 68.1 Å². The third-order valence-electron chi connectivity index (χ3n) is 4.73. The Kier molecular flexibility index (Phi) is 1.60. The lowest BCUT2D eigenvalue weighted by atomic mass is 9.71. The maximum absolute atomic E-state index is 12.6. The van der Waals surface area contributed by atoms with Gasteiger partial charge in [-0.2, -0.15) is 5.01 Å². The highest BCUT2D eigenvalue weighted by Gasteiger charge is 2.67. The smallest absolute Gasteiger partial charge is 0.256 e. The van der Waals surface area contributed by atoms with E-state index in [1.807, 2.05) is 6.92 Å². The molecule has 0 aromatic carbocycles. The monoisotopic (exact) mass is 244 g/mol. The lowest BCUT2D eigenvalue weighted by Crippen LogP contribution is -2.43. The van der Waals surface area contributed by atoms with Crippen LogP contribution in [0.1, 0.15) is 13.3 Å². The number of hydrogen-bond donors (Lipinski definition) is 0. The first kappa shape index (κ1) is 9.99. The number of rotatable bonds is 1. The first-order chi connectivity index (χ1) is 8.64. The lowest BCUT2D eigenvalue weighted by Gasteiger charge is -2.27. The minimum absolute atomic E-state index is 0.126. The second kappa shape index (κ2) is 2.88. The van der Waals surface area contributed by atoms with Gasteiger partial charge in [-0.1, -0.05) is 12.2 Å². The Morgan fingerprint density at radius 1 is 1.28 bits per heavy atom. The Balaban J connectivity index is 1.85. The number of hydrogen-bond acceptors (Lipinski definition) is 4. The molecule has 2 fully saturated rings. The molecule has 2 bridgehead atoms. The van der Waals surface area contributed by atoms with Gasteiger partial charge in [-0.05, 0) is 25.2 Å². The maximum atomic E-state index is 12.6. The van der Waals surface area contributed by atoms with E-state index in [9.17, 15) is 9.59 Å². The van der Waals surface area contributed by atoms with Gasteiger partial charge in [-0.25, -0.2) is 4.68 Å². The first-order valence-electron chi connectivity index (χ1n) is 6.05. The summed E-state index contributed by atoms with van der Waals surface area (Å²) in [4.78, 5) is 25.1.